The number of thioether (sulfide) groups is 1. The molecule has 2 aliphatic heterocycles. The second kappa shape index (κ2) is 6.47. The maximum Gasteiger partial charge on any atom is 0.0427 e. The van der Waals surface area contributed by atoms with E-state index >= 15 is 0 Å². The van der Waals surface area contributed by atoms with Crippen LogP contribution in [-0.4, -0.2) is 28.7 Å². The van der Waals surface area contributed by atoms with Gasteiger partial charge in [-0.2, -0.15) is 0 Å². The molecule has 4 rings (SSSR count). The van der Waals surface area contributed by atoms with Gasteiger partial charge in [0.05, 0.1) is 0 Å². The highest BCUT2D eigenvalue weighted by atomic mass is 32.2. The summed E-state index contributed by atoms with van der Waals surface area (Å²) in [5, 5.41) is 5.74. The fraction of sp³-hybridized carbons (Fsp3) is 0.368. The third-order valence-corrected chi connectivity index (χ3v) is 7.22. The van der Waals surface area contributed by atoms with Crippen LogP contribution in [0.4, 0.5) is 0 Å². The lowest BCUT2D eigenvalue weighted by Gasteiger charge is -2.27. The number of fused-ring (bicyclic) bond motifs is 1. The summed E-state index contributed by atoms with van der Waals surface area (Å²) in [6, 6.07) is 2.39. The summed E-state index contributed by atoms with van der Waals surface area (Å²) in [6.07, 6.45) is 5.55. The number of aromatic nitrogens is 1. The van der Waals surface area contributed by atoms with E-state index in [2.05, 4.69) is 47.9 Å². The van der Waals surface area contributed by atoms with E-state index in [1.165, 1.54) is 38.2 Å². The van der Waals surface area contributed by atoms with Gasteiger partial charge in [-0.1, -0.05) is 6.58 Å². The molecular weight excluding hydrogens is 334 g/mol. The fourth-order valence-corrected chi connectivity index (χ4v) is 5.79. The first-order valence-corrected chi connectivity index (χ1v) is 10.2. The number of rotatable bonds is 2. The molecule has 2 aliphatic rings. The number of H-pyrrole nitrogens is 1. The predicted octanol–water partition coefficient (Wildman–Crippen LogP) is 2.62. The third kappa shape index (κ3) is 2.85. The third-order valence-electron chi connectivity index (χ3n) is 4.80. The van der Waals surface area contributed by atoms with E-state index < -0.39 is 0 Å². The van der Waals surface area contributed by atoms with Crippen LogP contribution in [0, 0.1) is 6.92 Å². The second-order valence-corrected chi connectivity index (χ2v) is 8.71. The molecule has 0 amide bonds. The molecule has 2 aromatic heterocycles. The van der Waals surface area contributed by atoms with Crippen LogP contribution >= 0.6 is 23.1 Å². The van der Waals surface area contributed by atoms with E-state index in [4.69, 9.17) is 0 Å². The summed E-state index contributed by atoms with van der Waals surface area (Å²) in [4.78, 5) is 10.0. The van der Waals surface area contributed by atoms with Gasteiger partial charge in [-0.15, -0.1) is 23.1 Å². The Morgan fingerprint density at radius 2 is 2.25 bits per heavy atom. The van der Waals surface area contributed by atoms with E-state index in [0.29, 0.717) is 0 Å². The lowest BCUT2D eigenvalue weighted by molar-refractivity contribution is 0.556. The van der Waals surface area contributed by atoms with Crippen molar-refractivity contribution >= 4 is 40.3 Å². The van der Waals surface area contributed by atoms with E-state index in [9.17, 15) is 0 Å². The highest BCUT2D eigenvalue weighted by Crippen LogP contribution is 2.38. The van der Waals surface area contributed by atoms with Gasteiger partial charge in [-0.25, -0.2) is 0 Å². The normalized spacial score (nSPS) is 19.1. The van der Waals surface area contributed by atoms with Crippen molar-refractivity contribution < 1.29 is 0 Å². The molecule has 2 N–H and O–H groups in total. The van der Waals surface area contributed by atoms with Crippen LogP contribution in [0.25, 0.3) is 17.2 Å². The standard InChI is InChI=1S/C19H23N3S2/c1-12-9-21-13(2)19(12)14(3)22-6-7-23-18(11-22)17-8-15-10-20-5-4-16(15)24-17/h8-9,11,20-21H,2,4-7,10H2,1,3H3/b19-14+. The molecule has 0 bridgehead atoms. The number of nitrogens with zero attached hydrogens (tertiary/aromatic N) is 1. The molecule has 3 nitrogen and oxygen atoms in total. The van der Waals surface area contributed by atoms with Gasteiger partial charge in [0, 0.05) is 68.7 Å². The molecular formula is C19H23N3S2. The Hall–Kier alpha value is -1.43. The first-order chi connectivity index (χ1) is 11.6. The Morgan fingerprint density at radius 1 is 1.38 bits per heavy atom. The van der Waals surface area contributed by atoms with Crippen molar-refractivity contribution in [3.63, 3.8) is 0 Å². The smallest absolute Gasteiger partial charge is 0.0427 e. The minimum Gasteiger partial charge on any atom is -0.361 e. The van der Waals surface area contributed by atoms with Gasteiger partial charge in [-0.05, 0) is 37.5 Å². The fourth-order valence-electron chi connectivity index (χ4n) is 3.50. The van der Waals surface area contributed by atoms with Crippen molar-refractivity contribution in [3.05, 3.63) is 49.9 Å². The zero-order chi connectivity index (χ0) is 16.7. The first kappa shape index (κ1) is 16.1. The highest BCUT2D eigenvalue weighted by molar-refractivity contribution is 8.08. The zero-order valence-corrected chi connectivity index (χ0v) is 15.9. The largest absolute Gasteiger partial charge is 0.361 e. The minimum atomic E-state index is 1.01. The maximum atomic E-state index is 4.14. The lowest BCUT2D eigenvalue weighted by Crippen LogP contribution is -2.32. The average molecular weight is 358 g/mol. The number of hydrogen-bond acceptors (Lipinski definition) is 4. The number of nitrogens with one attached hydrogen (secondary N) is 2. The molecule has 4 heterocycles. The SMILES string of the molecule is C=c1[nH]cc(C)/c1=C(/C)N1C=C(c2cc3c(s2)CCNC3)SCC1. The van der Waals surface area contributed by atoms with Gasteiger partial charge in [0.25, 0.3) is 0 Å². The summed E-state index contributed by atoms with van der Waals surface area (Å²) in [5.74, 6) is 1.12. The molecule has 0 unspecified atom stereocenters. The van der Waals surface area contributed by atoms with Crippen LogP contribution in [0.5, 0.6) is 0 Å². The second-order valence-electron chi connectivity index (χ2n) is 6.43. The van der Waals surface area contributed by atoms with Crippen molar-refractivity contribution in [2.45, 2.75) is 26.8 Å². The number of aryl methyl sites for hydroxylation is 1. The number of aromatic amines is 1. The Kier molecular flexibility index (Phi) is 4.33. The maximum absolute atomic E-state index is 4.14. The van der Waals surface area contributed by atoms with Gasteiger partial charge < -0.3 is 15.2 Å². The van der Waals surface area contributed by atoms with E-state index in [0.717, 1.165) is 30.7 Å². The Bertz CT molecular complexity index is 880. The monoisotopic (exact) mass is 357 g/mol. The van der Waals surface area contributed by atoms with Crippen molar-refractivity contribution in [1.82, 2.24) is 15.2 Å². The molecule has 5 heteroatoms. The van der Waals surface area contributed by atoms with Crippen molar-refractivity contribution in [1.29, 1.82) is 0 Å². The van der Waals surface area contributed by atoms with Crippen LogP contribution in [0.2, 0.25) is 0 Å². The molecule has 0 spiro atoms. The zero-order valence-electron chi connectivity index (χ0n) is 14.2. The number of hydrogen-bond donors (Lipinski definition) is 2. The van der Waals surface area contributed by atoms with Gasteiger partial charge in [0.15, 0.2) is 0 Å². The van der Waals surface area contributed by atoms with Crippen LogP contribution in [0.3, 0.4) is 0 Å². The predicted molar refractivity (Wildman–Crippen MR) is 106 cm³/mol. The Morgan fingerprint density at radius 3 is 3.00 bits per heavy atom. The molecule has 0 radical (unpaired) electrons. The van der Waals surface area contributed by atoms with Gasteiger partial charge in [-0.3, -0.25) is 0 Å². The van der Waals surface area contributed by atoms with E-state index in [-0.39, 0.29) is 0 Å². The quantitative estimate of drug-likeness (QED) is 0.866. The summed E-state index contributed by atoms with van der Waals surface area (Å²) in [5.41, 5.74) is 4.05. The highest BCUT2D eigenvalue weighted by Gasteiger charge is 2.19. The Labute approximate surface area is 151 Å². The molecule has 0 saturated heterocycles. The van der Waals surface area contributed by atoms with Gasteiger partial charge >= 0.3 is 0 Å². The summed E-state index contributed by atoms with van der Waals surface area (Å²) >= 11 is 3.96. The first-order valence-electron chi connectivity index (χ1n) is 8.41. The lowest BCUT2D eigenvalue weighted by atomic mass is 10.1. The molecule has 24 heavy (non-hydrogen) atoms. The molecule has 2 aromatic rings. The molecule has 0 atom stereocenters. The van der Waals surface area contributed by atoms with Crippen LogP contribution < -0.4 is 15.9 Å². The van der Waals surface area contributed by atoms with E-state index in [1.807, 2.05) is 29.3 Å². The van der Waals surface area contributed by atoms with Crippen LogP contribution in [0.15, 0.2) is 18.5 Å². The van der Waals surface area contributed by atoms with Gasteiger partial charge in [0.2, 0.25) is 0 Å². The van der Waals surface area contributed by atoms with Crippen LogP contribution in [0.1, 0.15) is 27.8 Å². The molecule has 126 valence electrons. The summed E-state index contributed by atoms with van der Waals surface area (Å²) in [6.45, 7) is 11.7. The van der Waals surface area contributed by atoms with Crippen molar-refractivity contribution in [2.24, 2.45) is 0 Å². The van der Waals surface area contributed by atoms with Crippen molar-refractivity contribution in [2.75, 3.05) is 18.8 Å². The molecule has 0 aromatic carbocycles. The molecule has 0 aliphatic carbocycles. The minimum absolute atomic E-state index is 1.01. The molecule has 0 saturated carbocycles. The molecule has 0 fully saturated rings. The topological polar surface area (TPSA) is 31.1 Å². The summed E-state index contributed by atoms with van der Waals surface area (Å²) in [7, 11) is 0. The average Bonchev–Trinajstić information content (AvgIpc) is 3.18. The number of thiophene rings is 1. The Balaban J connectivity index is 1.72. The van der Waals surface area contributed by atoms with E-state index in [1.54, 1.807) is 4.88 Å². The summed E-state index contributed by atoms with van der Waals surface area (Å²) < 4.78 is 0. The van der Waals surface area contributed by atoms with Crippen LogP contribution in [-0.2, 0) is 13.0 Å². The van der Waals surface area contributed by atoms with Gasteiger partial charge in [0.1, 0.15) is 0 Å². The van der Waals surface area contributed by atoms with Crippen molar-refractivity contribution in [3.8, 4) is 0 Å².